The van der Waals surface area contributed by atoms with Crippen molar-refractivity contribution in [2.75, 3.05) is 19.0 Å². The highest BCUT2D eigenvalue weighted by Crippen LogP contribution is 2.30. The van der Waals surface area contributed by atoms with Gasteiger partial charge in [0.1, 0.15) is 0 Å². The van der Waals surface area contributed by atoms with Crippen molar-refractivity contribution < 1.29 is 23.0 Å². The molecule has 158 valence electrons. The van der Waals surface area contributed by atoms with Gasteiger partial charge in [0.15, 0.2) is 11.5 Å². The first-order valence-electron chi connectivity index (χ1n) is 9.19. The van der Waals surface area contributed by atoms with Crippen LogP contribution in [-0.4, -0.2) is 37.1 Å². The first kappa shape index (κ1) is 22.9. The Morgan fingerprint density at radius 2 is 1.93 bits per heavy atom. The molecule has 1 unspecified atom stereocenters. The number of nitrogens with one attached hydrogen (secondary N) is 1. The second-order valence-corrected chi connectivity index (χ2v) is 7.07. The lowest BCUT2D eigenvalue weighted by Crippen LogP contribution is -2.39. The van der Waals surface area contributed by atoms with Crippen molar-refractivity contribution in [3.63, 3.8) is 0 Å². The molecule has 0 aliphatic carbocycles. The SMILES string of the molecule is CCOc1cc(CN(C)C(C)C(=O)Nc2cc(Cl)ccc2C)ccc1OC(F)F. The number of halogens is 3. The highest BCUT2D eigenvalue weighted by molar-refractivity contribution is 6.31. The Hall–Kier alpha value is -2.38. The molecule has 0 bridgehead atoms. The Balaban J connectivity index is 2.07. The maximum Gasteiger partial charge on any atom is 0.387 e. The highest BCUT2D eigenvalue weighted by atomic mass is 35.5. The normalized spacial score (nSPS) is 12.2. The van der Waals surface area contributed by atoms with Gasteiger partial charge in [-0.1, -0.05) is 23.7 Å². The van der Waals surface area contributed by atoms with Gasteiger partial charge in [0.2, 0.25) is 5.91 Å². The number of amides is 1. The Bertz CT molecular complexity index is 849. The lowest BCUT2D eigenvalue weighted by molar-refractivity contribution is -0.120. The second kappa shape index (κ2) is 10.4. The molecule has 8 heteroatoms. The van der Waals surface area contributed by atoms with Crippen molar-refractivity contribution in [2.45, 2.75) is 40.0 Å². The van der Waals surface area contributed by atoms with E-state index in [4.69, 9.17) is 16.3 Å². The molecule has 1 N–H and O–H groups in total. The van der Waals surface area contributed by atoms with Gasteiger partial charge < -0.3 is 14.8 Å². The Kier molecular flexibility index (Phi) is 8.22. The molecule has 2 aromatic rings. The topological polar surface area (TPSA) is 50.8 Å². The first-order valence-corrected chi connectivity index (χ1v) is 9.56. The molecule has 2 aromatic carbocycles. The lowest BCUT2D eigenvalue weighted by Gasteiger charge is -2.25. The summed E-state index contributed by atoms with van der Waals surface area (Å²) >= 11 is 6.00. The molecule has 0 aromatic heterocycles. The number of anilines is 1. The van der Waals surface area contributed by atoms with E-state index in [1.807, 2.05) is 17.9 Å². The minimum Gasteiger partial charge on any atom is -0.490 e. The van der Waals surface area contributed by atoms with Crippen LogP contribution < -0.4 is 14.8 Å². The van der Waals surface area contributed by atoms with Crippen LogP contribution >= 0.6 is 11.6 Å². The number of nitrogens with zero attached hydrogens (tertiary/aromatic N) is 1. The quantitative estimate of drug-likeness (QED) is 0.605. The number of carbonyl (C=O) groups excluding carboxylic acids is 1. The fourth-order valence-electron chi connectivity index (χ4n) is 2.70. The van der Waals surface area contributed by atoms with Crippen LogP contribution in [-0.2, 0) is 11.3 Å². The average Bonchev–Trinajstić information content (AvgIpc) is 2.66. The second-order valence-electron chi connectivity index (χ2n) is 6.63. The number of rotatable bonds is 9. The summed E-state index contributed by atoms with van der Waals surface area (Å²) in [6.07, 6.45) is 0. The number of hydrogen-bond donors (Lipinski definition) is 1. The molecule has 0 saturated carbocycles. The van der Waals surface area contributed by atoms with Gasteiger partial charge in [0.25, 0.3) is 0 Å². The van der Waals surface area contributed by atoms with Crippen LogP contribution in [0.4, 0.5) is 14.5 Å². The van der Waals surface area contributed by atoms with E-state index in [2.05, 4.69) is 10.1 Å². The zero-order valence-electron chi connectivity index (χ0n) is 16.8. The number of alkyl halides is 2. The molecule has 2 rings (SSSR count). The van der Waals surface area contributed by atoms with Gasteiger partial charge in [-0.3, -0.25) is 9.69 Å². The zero-order valence-corrected chi connectivity index (χ0v) is 17.6. The average molecular weight is 427 g/mol. The summed E-state index contributed by atoms with van der Waals surface area (Å²) < 4.78 is 35.0. The third-order valence-electron chi connectivity index (χ3n) is 4.45. The van der Waals surface area contributed by atoms with Crippen molar-refractivity contribution in [3.05, 3.63) is 52.5 Å². The number of hydrogen-bond acceptors (Lipinski definition) is 4. The van der Waals surface area contributed by atoms with Crippen molar-refractivity contribution in [2.24, 2.45) is 0 Å². The number of ether oxygens (including phenoxy) is 2. The number of carbonyl (C=O) groups is 1. The summed E-state index contributed by atoms with van der Waals surface area (Å²) in [6.45, 7) is 3.23. The van der Waals surface area contributed by atoms with Crippen molar-refractivity contribution in [1.82, 2.24) is 4.90 Å². The molecule has 0 radical (unpaired) electrons. The molecule has 0 aliphatic rings. The minimum atomic E-state index is -2.93. The molecule has 0 aliphatic heterocycles. The van der Waals surface area contributed by atoms with E-state index in [0.29, 0.717) is 23.9 Å². The fourth-order valence-corrected chi connectivity index (χ4v) is 2.88. The number of likely N-dealkylation sites (N-methyl/N-ethyl adjacent to an activating group) is 1. The van der Waals surface area contributed by atoms with Crippen molar-refractivity contribution in [3.8, 4) is 11.5 Å². The Morgan fingerprint density at radius 3 is 2.59 bits per heavy atom. The largest absolute Gasteiger partial charge is 0.490 e. The number of benzene rings is 2. The Labute approximate surface area is 174 Å². The van der Waals surface area contributed by atoms with E-state index in [1.165, 1.54) is 6.07 Å². The van der Waals surface area contributed by atoms with Gasteiger partial charge >= 0.3 is 6.61 Å². The van der Waals surface area contributed by atoms with Gasteiger partial charge in [-0.15, -0.1) is 0 Å². The smallest absolute Gasteiger partial charge is 0.387 e. The summed E-state index contributed by atoms with van der Waals surface area (Å²) in [7, 11) is 1.80. The van der Waals surface area contributed by atoms with Crippen molar-refractivity contribution >= 4 is 23.2 Å². The van der Waals surface area contributed by atoms with E-state index in [1.54, 1.807) is 45.2 Å². The monoisotopic (exact) mass is 426 g/mol. The van der Waals surface area contributed by atoms with Crippen LogP contribution in [0.2, 0.25) is 5.02 Å². The molecular formula is C21H25ClF2N2O3. The van der Waals surface area contributed by atoms with Gasteiger partial charge in [-0.25, -0.2) is 0 Å². The molecule has 1 amide bonds. The van der Waals surface area contributed by atoms with Gasteiger partial charge in [0, 0.05) is 17.3 Å². The van der Waals surface area contributed by atoms with Crippen LogP contribution in [0.25, 0.3) is 0 Å². The molecule has 0 heterocycles. The highest BCUT2D eigenvalue weighted by Gasteiger charge is 2.20. The molecule has 0 spiro atoms. The van der Waals surface area contributed by atoms with E-state index < -0.39 is 12.7 Å². The maximum absolute atomic E-state index is 12.6. The van der Waals surface area contributed by atoms with Gasteiger partial charge in [-0.2, -0.15) is 8.78 Å². The predicted octanol–water partition coefficient (Wildman–Crippen LogP) is 5.11. The van der Waals surface area contributed by atoms with E-state index in [0.717, 1.165) is 11.1 Å². The summed E-state index contributed by atoms with van der Waals surface area (Å²) in [5, 5.41) is 3.43. The minimum absolute atomic E-state index is 0.0181. The van der Waals surface area contributed by atoms with Crippen LogP contribution in [0.3, 0.4) is 0 Å². The van der Waals surface area contributed by atoms with Crippen LogP contribution in [0.1, 0.15) is 25.0 Å². The van der Waals surface area contributed by atoms with Crippen LogP contribution in [0.15, 0.2) is 36.4 Å². The van der Waals surface area contributed by atoms with Crippen molar-refractivity contribution in [1.29, 1.82) is 0 Å². The third-order valence-corrected chi connectivity index (χ3v) is 4.69. The third kappa shape index (κ3) is 6.58. The Morgan fingerprint density at radius 1 is 1.21 bits per heavy atom. The predicted molar refractivity (Wildman–Crippen MR) is 110 cm³/mol. The molecule has 29 heavy (non-hydrogen) atoms. The van der Waals surface area contributed by atoms with E-state index >= 15 is 0 Å². The summed E-state index contributed by atoms with van der Waals surface area (Å²) in [5.74, 6) is 0.0429. The van der Waals surface area contributed by atoms with Crippen LogP contribution in [0, 0.1) is 6.92 Å². The van der Waals surface area contributed by atoms with Crippen LogP contribution in [0.5, 0.6) is 11.5 Å². The molecule has 0 fully saturated rings. The van der Waals surface area contributed by atoms with Gasteiger partial charge in [0.05, 0.1) is 12.6 Å². The molecule has 5 nitrogen and oxygen atoms in total. The molecular weight excluding hydrogens is 402 g/mol. The standard InChI is InChI=1S/C21H25ClF2N2O3/c1-5-28-19-10-15(7-9-18(19)29-21(23)24)12-26(4)14(3)20(27)25-17-11-16(22)8-6-13(17)2/h6-11,14,21H,5,12H2,1-4H3,(H,25,27). The summed E-state index contributed by atoms with van der Waals surface area (Å²) in [4.78, 5) is 14.5. The fraction of sp³-hybridized carbons (Fsp3) is 0.381. The summed E-state index contributed by atoms with van der Waals surface area (Å²) in [6, 6.07) is 9.62. The van der Waals surface area contributed by atoms with Gasteiger partial charge in [-0.05, 0) is 63.2 Å². The van der Waals surface area contributed by atoms with E-state index in [-0.39, 0.29) is 17.4 Å². The maximum atomic E-state index is 12.6. The first-order chi connectivity index (χ1) is 13.7. The molecule has 0 saturated heterocycles. The summed E-state index contributed by atoms with van der Waals surface area (Å²) in [5.41, 5.74) is 2.37. The number of aryl methyl sites for hydroxylation is 1. The zero-order chi connectivity index (χ0) is 21.6. The van der Waals surface area contributed by atoms with E-state index in [9.17, 15) is 13.6 Å². The lowest BCUT2D eigenvalue weighted by atomic mass is 10.1. The molecule has 1 atom stereocenters.